The minimum Gasteiger partial charge on any atom is -0.379 e. The van der Waals surface area contributed by atoms with Crippen LogP contribution in [0, 0.1) is 6.92 Å². The Kier molecular flexibility index (Phi) is 6.11. The highest BCUT2D eigenvalue weighted by atomic mass is 16.5. The van der Waals surface area contributed by atoms with E-state index in [9.17, 15) is 0 Å². The highest BCUT2D eigenvalue weighted by Crippen LogP contribution is 2.01. The summed E-state index contributed by atoms with van der Waals surface area (Å²) in [5.41, 5.74) is 2.40. The molecule has 0 radical (unpaired) electrons. The number of ether oxygens (including phenoxy) is 1. The molecule has 0 spiro atoms. The summed E-state index contributed by atoms with van der Waals surface area (Å²) >= 11 is 0. The van der Waals surface area contributed by atoms with E-state index in [0.717, 1.165) is 38.2 Å². The Morgan fingerprint density at radius 3 is 2.88 bits per heavy atom. The van der Waals surface area contributed by atoms with Crippen molar-refractivity contribution in [2.45, 2.75) is 46.3 Å². The maximum Gasteiger partial charge on any atom is 0.0535 e. The zero-order valence-corrected chi connectivity index (χ0v) is 10.5. The number of unbranched alkanes of at least 4 members (excludes halogenated alkanes) is 1. The van der Waals surface area contributed by atoms with Gasteiger partial charge < -0.3 is 10.1 Å². The maximum absolute atomic E-state index is 5.47. The first-order valence-electron chi connectivity index (χ1n) is 6.01. The van der Waals surface area contributed by atoms with Gasteiger partial charge >= 0.3 is 0 Å². The van der Waals surface area contributed by atoms with Gasteiger partial charge in [0.2, 0.25) is 0 Å². The quantitative estimate of drug-likeness (QED) is 0.665. The van der Waals surface area contributed by atoms with Gasteiger partial charge in [-0.15, -0.1) is 0 Å². The SMILES string of the molecule is Cc1[nH]ncc1CNCCCCOC(C)C. The second kappa shape index (κ2) is 7.41. The molecule has 1 heterocycles. The van der Waals surface area contributed by atoms with Gasteiger partial charge in [0.15, 0.2) is 0 Å². The van der Waals surface area contributed by atoms with Crippen LogP contribution in [-0.4, -0.2) is 29.5 Å². The largest absolute Gasteiger partial charge is 0.379 e. The summed E-state index contributed by atoms with van der Waals surface area (Å²) in [6.45, 7) is 8.98. The fourth-order valence-electron chi connectivity index (χ4n) is 1.45. The van der Waals surface area contributed by atoms with Crippen LogP contribution >= 0.6 is 0 Å². The minimum absolute atomic E-state index is 0.349. The van der Waals surface area contributed by atoms with Crippen molar-refractivity contribution < 1.29 is 4.74 Å². The lowest BCUT2D eigenvalue weighted by Gasteiger charge is -2.07. The van der Waals surface area contributed by atoms with Gasteiger partial charge in [0.25, 0.3) is 0 Å². The van der Waals surface area contributed by atoms with Crippen LogP contribution in [0.25, 0.3) is 0 Å². The van der Waals surface area contributed by atoms with Crippen molar-refractivity contribution in [1.29, 1.82) is 0 Å². The molecule has 0 atom stereocenters. The fraction of sp³-hybridized carbons (Fsp3) is 0.750. The Bertz CT molecular complexity index is 284. The summed E-state index contributed by atoms with van der Waals surface area (Å²) in [4.78, 5) is 0. The van der Waals surface area contributed by atoms with Crippen molar-refractivity contribution in [3.8, 4) is 0 Å². The van der Waals surface area contributed by atoms with E-state index in [1.807, 2.05) is 13.1 Å². The van der Waals surface area contributed by atoms with Crippen LogP contribution in [0.4, 0.5) is 0 Å². The zero-order valence-electron chi connectivity index (χ0n) is 10.5. The number of aromatic amines is 1. The number of nitrogens with one attached hydrogen (secondary N) is 2. The molecule has 0 aliphatic carbocycles. The number of hydrogen-bond acceptors (Lipinski definition) is 3. The van der Waals surface area contributed by atoms with Crippen LogP contribution in [-0.2, 0) is 11.3 Å². The van der Waals surface area contributed by atoms with Crippen LogP contribution in [0.5, 0.6) is 0 Å². The molecule has 0 aromatic carbocycles. The molecule has 0 aliphatic heterocycles. The third kappa shape index (κ3) is 5.28. The Morgan fingerprint density at radius 1 is 1.44 bits per heavy atom. The molecule has 2 N–H and O–H groups in total. The Balaban J connectivity index is 1.94. The van der Waals surface area contributed by atoms with E-state index in [0.29, 0.717) is 6.10 Å². The predicted octanol–water partition coefficient (Wildman–Crippen LogP) is 2.01. The monoisotopic (exact) mass is 225 g/mol. The van der Waals surface area contributed by atoms with E-state index in [1.54, 1.807) is 0 Å². The summed E-state index contributed by atoms with van der Waals surface area (Å²) in [5, 5.41) is 10.3. The minimum atomic E-state index is 0.349. The highest BCUT2D eigenvalue weighted by molar-refractivity contribution is 5.13. The van der Waals surface area contributed by atoms with Gasteiger partial charge in [-0.05, 0) is 40.2 Å². The third-order valence-electron chi connectivity index (χ3n) is 2.45. The Morgan fingerprint density at radius 2 is 2.25 bits per heavy atom. The summed E-state index contributed by atoms with van der Waals surface area (Å²) < 4.78 is 5.47. The predicted molar refractivity (Wildman–Crippen MR) is 65.4 cm³/mol. The van der Waals surface area contributed by atoms with Crippen molar-refractivity contribution in [3.05, 3.63) is 17.5 Å². The second-order valence-electron chi connectivity index (χ2n) is 4.32. The van der Waals surface area contributed by atoms with Gasteiger partial charge in [-0.2, -0.15) is 5.10 Å². The molecule has 1 aromatic heterocycles. The van der Waals surface area contributed by atoms with Crippen molar-refractivity contribution >= 4 is 0 Å². The van der Waals surface area contributed by atoms with Crippen molar-refractivity contribution in [2.75, 3.05) is 13.2 Å². The lowest BCUT2D eigenvalue weighted by molar-refractivity contribution is 0.0760. The van der Waals surface area contributed by atoms with Crippen molar-refractivity contribution in [3.63, 3.8) is 0 Å². The molecule has 0 aliphatic rings. The van der Waals surface area contributed by atoms with Crippen LogP contribution in [0.15, 0.2) is 6.20 Å². The van der Waals surface area contributed by atoms with Crippen molar-refractivity contribution in [1.82, 2.24) is 15.5 Å². The molecule has 0 saturated carbocycles. The van der Waals surface area contributed by atoms with Crippen LogP contribution in [0.2, 0.25) is 0 Å². The number of nitrogens with zero attached hydrogens (tertiary/aromatic N) is 1. The van der Waals surface area contributed by atoms with Crippen molar-refractivity contribution in [2.24, 2.45) is 0 Å². The number of H-pyrrole nitrogens is 1. The molecular weight excluding hydrogens is 202 g/mol. The summed E-state index contributed by atoms with van der Waals surface area (Å²) in [7, 11) is 0. The molecule has 0 saturated heterocycles. The lowest BCUT2D eigenvalue weighted by atomic mass is 10.2. The number of aromatic nitrogens is 2. The second-order valence-corrected chi connectivity index (χ2v) is 4.32. The Hall–Kier alpha value is -0.870. The molecule has 92 valence electrons. The van der Waals surface area contributed by atoms with E-state index in [2.05, 4.69) is 29.4 Å². The smallest absolute Gasteiger partial charge is 0.0535 e. The summed E-state index contributed by atoms with van der Waals surface area (Å²) in [6, 6.07) is 0. The molecule has 0 amide bonds. The normalized spacial score (nSPS) is 11.2. The van der Waals surface area contributed by atoms with E-state index in [-0.39, 0.29) is 0 Å². The van der Waals surface area contributed by atoms with Gasteiger partial charge in [0.1, 0.15) is 0 Å². The van der Waals surface area contributed by atoms with Gasteiger partial charge in [0.05, 0.1) is 12.3 Å². The summed E-state index contributed by atoms with van der Waals surface area (Å²) in [6.07, 6.45) is 4.50. The van der Waals surface area contributed by atoms with E-state index < -0.39 is 0 Å². The van der Waals surface area contributed by atoms with E-state index >= 15 is 0 Å². The molecule has 4 heteroatoms. The lowest BCUT2D eigenvalue weighted by Crippen LogP contribution is -2.15. The topological polar surface area (TPSA) is 49.9 Å². The van der Waals surface area contributed by atoms with Gasteiger partial charge in [-0.25, -0.2) is 0 Å². The molecule has 0 unspecified atom stereocenters. The number of rotatable bonds is 8. The summed E-state index contributed by atoms with van der Waals surface area (Å²) in [5.74, 6) is 0. The highest BCUT2D eigenvalue weighted by Gasteiger charge is 1.98. The first kappa shape index (κ1) is 13.2. The first-order chi connectivity index (χ1) is 7.70. The average Bonchev–Trinajstić information content (AvgIpc) is 2.62. The van der Waals surface area contributed by atoms with Crippen LogP contribution in [0.1, 0.15) is 37.9 Å². The molecule has 0 bridgehead atoms. The molecule has 16 heavy (non-hydrogen) atoms. The fourth-order valence-corrected chi connectivity index (χ4v) is 1.45. The van der Waals surface area contributed by atoms with E-state index in [4.69, 9.17) is 4.74 Å². The van der Waals surface area contributed by atoms with E-state index in [1.165, 1.54) is 5.56 Å². The number of hydrogen-bond donors (Lipinski definition) is 2. The molecule has 1 rings (SSSR count). The first-order valence-corrected chi connectivity index (χ1v) is 6.01. The third-order valence-corrected chi connectivity index (χ3v) is 2.45. The van der Waals surface area contributed by atoms with Gasteiger partial charge in [-0.3, -0.25) is 5.10 Å². The standard InChI is InChI=1S/C12H23N3O/c1-10(2)16-7-5-4-6-13-8-12-9-14-15-11(12)3/h9-10,13H,4-8H2,1-3H3,(H,14,15). The molecule has 4 nitrogen and oxygen atoms in total. The molecular formula is C12H23N3O. The average molecular weight is 225 g/mol. The zero-order chi connectivity index (χ0) is 11.8. The van der Waals surface area contributed by atoms with Gasteiger partial charge in [-0.1, -0.05) is 0 Å². The van der Waals surface area contributed by atoms with Gasteiger partial charge in [0, 0.05) is 24.4 Å². The molecule has 1 aromatic rings. The maximum atomic E-state index is 5.47. The Labute approximate surface area is 97.8 Å². The number of aryl methyl sites for hydroxylation is 1. The van der Waals surface area contributed by atoms with Crippen LogP contribution < -0.4 is 5.32 Å². The molecule has 0 fully saturated rings. The van der Waals surface area contributed by atoms with Crippen LogP contribution in [0.3, 0.4) is 0 Å².